The average Bonchev–Trinajstić information content (AvgIpc) is 3.59. The van der Waals surface area contributed by atoms with Crippen LogP contribution in [0.5, 0.6) is 0 Å². The number of allylic oxidation sites excluding steroid dienone is 2. The first kappa shape index (κ1) is 47.8. The summed E-state index contributed by atoms with van der Waals surface area (Å²) in [5.41, 5.74) is 2.62. The molecule has 0 unspecified atom stereocenters. The van der Waals surface area contributed by atoms with E-state index >= 15 is 0 Å². The van der Waals surface area contributed by atoms with Crippen LogP contribution in [0.4, 0.5) is 0 Å². The SMILES string of the molecule is CCCCCCCCCCCCCCCCCCCCC/C=C/c1cc[nH]c1/C=C/CCCCCCCCCCCCCCCCCCCCC. The molecule has 1 nitrogen and oxygen atoms in total. The second-order valence-electron chi connectivity index (χ2n) is 16.5. The molecule has 0 amide bonds. The van der Waals surface area contributed by atoms with Crippen molar-refractivity contribution in [2.45, 2.75) is 271 Å². The average molecular weight is 708 g/mol. The normalized spacial score (nSPS) is 12.0. The highest BCUT2D eigenvalue weighted by Crippen LogP contribution is 2.18. The van der Waals surface area contributed by atoms with E-state index in [2.05, 4.69) is 55.4 Å². The van der Waals surface area contributed by atoms with Crippen molar-refractivity contribution in [3.8, 4) is 0 Å². The van der Waals surface area contributed by atoms with Crippen LogP contribution in [0.2, 0.25) is 0 Å². The smallest absolute Gasteiger partial charge is 0.0450 e. The van der Waals surface area contributed by atoms with Gasteiger partial charge in [0.25, 0.3) is 0 Å². The van der Waals surface area contributed by atoms with Crippen molar-refractivity contribution in [3.63, 3.8) is 0 Å². The fourth-order valence-corrected chi connectivity index (χ4v) is 7.78. The van der Waals surface area contributed by atoms with E-state index in [1.807, 2.05) is 0 Å². The summed E-state index contributed by atoms with van der Waals surface area (Å²) in [6.45, 7) is 4.61. The summed E-state index contributed by atoms with van der Waals surface area (Å²) in [5.74, 6) is 0. The molecule has 0 aromatic carbocycles. The zero-order valence-corrected chi connectivity index (χ0v) is 35.2. The third-order valence-electron chi connectivity index (χ3n) is 11.3. The zero-order chi connectivity index (χ0) is 36.4. The lowest BCUT2D eigenvalue weighted by molar-refractivity contribution is 0.523. The lowest BCUT2D eigenvalue weighted by Crippen LogP contribution is -1.84. The van der Waals surface area contributed by atoms with Gasteiger partial charge < -0.3 is 4.98 Å². The quantitative estimate of drug-likeness (QED) is 0.0651. The van der Waals surface area contributed by atoms with Gasteiger partial charge in [0.05, 0.1) is 0 Å². The maximum absolute atomic E-state index is 3.44. The first-order chi connectivity index (χ1) is 25.4. The van der Waals surface area contributed by atoms with Crippen molar-refractivity contribution in [2.24, 2.45) is 0 Å². The maximum Gasteiger partial charge on any atom is 0.0450 e. The minimum Gasteiger partial charge on any atom is -0.361 e. The summed E-state index contributed by atoms with van der Waals surface area (Å²) in [6, 6.07) is 2.23. The van der Waals surface area contributed by atoms with Gasteiger partial charge in [0, 0.05) is 11.9 Å². The number of unbranched alkanes of at least 4 members (excludes halogenated alkanes) is 38. The van der Waals surface area contributed by atoms with Crippen LogP contribution in [0.1, 0.15) is 282 Å². The molecule has 1 heterocycles. The molecule has 0 aliphatic carbocycles. The molecular formula is C50H93N. The van der Waals surface area contributed by atoms with Crippen molar-refractivity contribution in [1.29, 1.82) is 0 Å². The summed E-state index contributed by atoms with van der Waals surface area (Å²) in [6.07, 6.45) is 68.9. The first-order valence-electron chi connectivity index (χ1n) is 23.9. The Bertz CT molecular complexity index is 763. The lowest BCUT2D eigenvalue weighted by atomic mass is 10.0. The van der Waals surface area contributed by atoms with E-state index in [1.54, 1.807) is 0 Å². The molecule has 1 aromatic rings. The first-order valence-corrected chi connectivity index (χ1v) is 23.9. The van der Waals surface area contributed by atoms with Crippen molar-refractivity contribution < 1.29 is 0 Å². The predicted octanol–water partition coefficient (Wildman–Crippen LogP) is 18.7. The molecule has 0 aliphatic heterocycles. The highest BCUT2D eigenvalue weighted by atomic mass is 14.7. The van der Waals surface area contributed by atoms with E-state index < -0.39 is 0 Å². The van der Waals surface area contributed by atoms with Gasteiger partial charge in [-0.2, -0.15) is 0 Å². The molecule has 1 aromatic heterocycles. The van der Waals surface area contributed by atoms with E-state index in [4.69, 9.17) is 0 Å². The molecule has 0 bridgehead atoms. The van der Waals surface area contributed by atoms with Crippen LogP contribution in [0.15, 0.2) is 24.4 Å². The molecule has 51 heavy (non-hydrogen) atoms. The summed E-state index contributed by atoms with van der Waals surface area (Å²) in [5, 5.41) is 0. The molecule has 0 fully saturated rings. The van der Waals surface area contributed by atoms with Gasteiger partial charge in [0.15, 0.2) is 0 Å². The van der Waals surface area contributed by atoms with Gasteiger partial charge >= 0.3 is 0 Å². The number of hydrogen-bond donors (Lipinski definition) is 1. The fraction of sp³-hybridized carbons (Fsp3) is 0.840. The Kier molecular flexibility index (Phi) is 38.9. The number of nitrogens with one attached hydrogen (secondary N) is 1. The van der Waals surface area contributed by atoms with Crippen LogP contribution < -0.4 is 0 Å². The lowest BCUT2D eigenvalue weighted by Gasteiger charge is -2.04. The van der Waals surface area contributed by atoms with Crippen LogP contribution in [0.25, 0.3) is 12.2 Å². The third-order valence-corrected chi connectivity index (χ3v) is 11.3. The fourth-order valence-electron chi connectivity index (χ4n) is 7.78. The van der Waals surface area contributed by atoms with Crippen molar-refractivity contribution in [2.75, 3.05) is 0 Å². The maximum atomic E-state index is 3.44. The van der Waals surface area contributed by atoms with E-state index in [1.165, 1.54) is 268 Å². The molecule has 0 saturated carbocycles. The Morgan fingerprint density at radius 1 is 0.333 bits per heavy atom. The molecule has 0 atom stereocenters. The van der Waals surface area contributed by atoms with Crippen molar-refractivity contribution in [1.82, 2.24) is 4.98 Å². The standard InChI is InChI=1S/C50H93N/c1-3-5-7-9-11-13-15-17-19-21-23-25-27-29-31-33-35-37-39-41-43-45-49-47-48-51-50(49)46-44-42-40-38-36-34-32-30-28-26-24-22-20-18-16-14-12-10-8-6-4-2/h43-48,51H,3-42H2,1-2H3/b45-43+,46-44+. The second kappa shape index (κ2) is 41.5. The molecule has 1 heteroatoms. The number of aromatic nitrogens is 1. The number of hydrogen-bond acceptors (Lipinski definition) is 0. The van der Waals surface area contributed by atoms with Crippen molar-refractivity contribution >= 4 is 12.2 Å². The van der Waals surface area contributed by atoms with Gasteiger partial charge in [-0.1, -0.05) is 263 Å². The molecule has 0 aliphatic rings. The monoisotopic (exact) mass is 708 g/mol. The summed E-state index contributed by atoms with van der Waals surface area (Å²) < 4.78 is 0. The van der Waals surface area contributed by atoms with Crippen LogP contribution in [-0.2, 0) is 0 Å². The van der Waals surface area contributed by atoms with Gasteiger partial charge in [0.1, 0.15) is 0 Å². The number of aromatic amines is 1. The Labute approximate surface area is 322 Å². The highest BCUT2D eigenvalue weighted by Gasteiger charge is 1.99. The molecule has 1 N–H and O–H groups in total. The Morgan fingerprint density at radius 3 is 0.882 bits per heavy atom. The molecule has 0 radical (unpaired) electrons. The van der Waals surface area contributed by atoms with Gasteiger partial charge in [-0.15, -0.1) is 0 Å². The van der Waals surface area contributed by atoms with E-state index in [0.29, 0.717) is 0 Å². The Hall–Kier alpha value is -1.24. The third kappa shape index (κ3) is 35.6. The minimum absolute atomic E-state index is 1.21. The summed E-state index contributed by atoms with van der Waals surface area (Å²) in [4.78, 5) is 3.44. The number of rotatable bonds is 42. The molecule has 298 valence electrons. The summed E-state index contributed by atoms with van der Waals surface area (Å²) >= 11 is 0. The van der Waals surface area contributed by atoms with Crippen LogP contribution >= 0.6 is 0 Å². The van der Waals surface area contributed by atoms with Crippen molar-refractivity contribution in [3.05, 3.63) is 35.7 Å². The predicted molar refractivity (Wildman–Crippen MR) is 235 cm³/mol. The minimum atomic E-state index is 1.21. The van der Waals surface area contributed by atoms with Gasteiger partial charge in [-0.05, 0) is 43.4 Å². The molecular weight excluding hydrogens is 615 g/mol. The zero-order valence-electron chi connectivity index (χ0n) is 35.2. The second-order valence-corrected chi connectivity index (χ2v) is 16.5. The van der Waals surface area contributed by atoms with Gasteiger partial charge in [-0.25, -0.2) is 0 Å². The van der Waals surface area contributed by atoms with Crippen LogP contribution in [-0.4, -0.2) is 4.98 Å². The Morgan fingerprint density at radius 2 is 0.588 bits per heavy atom. The highest BCUT2D eigenvalue weighted by molar-refractivity contribution is 5.62. The molecule has 0 spiro atoms. The number of H-pyrrole nitrogens is 1. The largest absolute Gasteiger partial charge is 0.361 e. The van der Waals surface area contributed by atoms with E-state index in [0.717, 1.165) is 0 Å². The Balaban J connectivity index is 1.83. The molecule has 0 saturated heterocycles. The van der Waals surface area contributed by atoms with E-state index in [9.17, 15) is 0 Å². The summed E-state index contributed by atoms with van der Waals surface area (Å²) in [7, 11) is 0. The van der Waals surface area contributed by atoms with Gasteiger partial charge in [-0.3, -0.25) is 0 Å². The van der Waals surface area contributed by atoms with Crippen LogP contribution in [0, 0.1) is 0 Å². The van der Waals surface area contributed by atoms with E-state index in [-0.39, 0.29) is 0 Å². The van der Waals surface area contributed by atoms with Crippen LogP contribution in [0.3, 0.4) is 0 Å². The topological polar surface area (TPSA) is 15.8 Å². The molecule has 1 rings (SSSR count). The van der Waals surface area contributed by atoms with Gasteiger partial charge in [0.2, 0.25) is 0 Å².